The average Bonchev–Trinajstić information content (AvgIpc) is 2.68. The first-order valence-corrected chi connectivity index (χ1v) is 8.73. The van der Waals surface area contributed by atoms with Gasteiger partial charge in [0.25, 0.3) is 0 Å². The molecule has 7 heteroatoms. The van der Waals surface area contributed by atoms with Crippen LogP contribution in [0.15, 0.2) is 54.7 Å². The van der Waals surface area contributed by atoms with E-state index < -0.39 is 0 Å². The number of nitrogens with zero attached hydrogens (tertiary/aromatic N) is 3. The van der Waals surface area contributed by atoms with Gasteiger partial charge in [-0.05, 0) is 17.7 Å². The Kier molecular flexibility index (Phi) is 6.05. The van der Waals surface area contributed by atoms with E-state index in [0.29, 0.717) is 24.7 Å². The summed E-state index contributed by atoms with van der Waals surface area (Å²) in [5.74, 6) is 6.92. The molecule has 2 N–H and O–H groups in total. The highest BCUT2D eigenvalue weighted by Gasteiger charge is 2.29. The van der Waals surface area contributed by atoms with Crippen LogP contribution in [0.25, 0.3) is 5.70 Å². The van der Waals surface area contributed by atoms with Crippen LogP contribution in [-0.4, -0.2) is 49.2 Å². The lowest BCUT2D eigenvalue weighted by Crippen LogP contribution is -2.54. The zero-order valence-corrected chi connectivity index (χ0v) is 15.5. The van der Waals surface area contributed by atoms with Gasteiger partial charge in [0.2, 0.25) is 11.8 Å². The molecule has 0 bridgehead atoms. The van der Waals surface area contributed by atoms with Crippen LogP contribution in [0.5, 0.6) is 5.88 Å². The summed E-state index contributed by atoms with van der Waals surface area (Å²) in [4.78, 5) is 18.4. The summed E-state index contributed by atoms with van der Waals surface area (Å²) >= 11 is 0. The third kappa shape index (κ3) is 4.45. The van der Waals surface area contributed by atoms with Crippen molar-refractivity contribution >= 4 is 17.3 Å². The summed E-state index contributed by atoms with van der Waals surface area (Å²) in [6, 6.07) is 13.3. The van der Waals surface area contributed by atoms with Crippen LogP contribution in [-0.2, 0) is 9.53 Å². The average molecular weight is 368 g/mol. The molecule has 1 aliphatic heterocycles. The molecule has 7 nitrogen and oxygen atoms in total. The number of nitrogens with two attached hydrogens (primary N) is 1. The van der Waals surface area contributed by atoms with Gasteiger partial charge in [-0.25, -0.2) is 10.8 Å². The number of hydrogen-bond donors (Lipinski definition) is 1. The number of pyridine rings is 1. The fraction of sp³-hybridized carbons (Fsp3) is 0.300. The minimum Gasteiger partial charge on any atom is -0.481 e. The third-order valence-corrected chi connectivity index (χ3v) is 4.54. The van der Waals surface area contributed by atoms with Crippen molar-refractivity contribution in [2.75, 3.05) is 32.3 Å². The number of benzene rings is 1. The van der Waals surface area contributed by atoms with Crippen LogP contribution < -0.4 is 15.6 Å². The van der Waals surface area contributed by atoms with Crippen LogP contribution in [0.4, 0.5) is 5.69 Å². The molecule has 0 unspecified atom stereocenters. The van der Waals surface area contributed by atoms with Crippen molar-refractivity contribution in [3.8, 4) is 5.88 Å². The van der Waals surface area contributed by atoms with Crippen molar-refractivity contribution in [1.29, 1.82) is 0 Å². The molecule has 2 aromatic rings. The molecule has 142 valence electrons. The number of hydrogen-bond acceptors (Lipinski definition) is 6. The Morgan fingerprint density at radius 3 is 2.59 bits per heavy atom. The Morgan fingerprint density at radius 1 is 1.26 bits per heavy atom. The van der Waals surface area contributed by atoms with E-state index in [1.807, 2.05) is 42.5 Å². The van der Waals surface area contributed by atoms with Crippen molar-refractivity contribution < 1.29 is 14.3 Å². The second-order valence-corrected chi connectivity index (χ2v) is 6.24. The summed E-state index contributed by atoms with van der Waals surface area (Å²) < 4.78 is 10.3. The highest BCUT2D eigenvalue weighted by Crippen LogP contribution is 2.25. The summed E-state index contributed by atoms with van der Waals surface area (Å²) in [6.07, 6.45) is 3.89. The smallest absolute Gasteiger partial charge is 0.226 e. The molecule has 2 heterocycles. The fourth-order valence-electron chi connectivity index (χ4n) is 2.84. The minimum atomic E-state index is 0.0537. The molecule has 0 aliphatic carbocycles. The molecule has 1 fully saturated rings. The first kappa shape index (κ1) is 18.9. The molecular formula is C20H24N4O3. The molecule has 1 aliphatic rings. The van der Waals surface area contributed by atoms with Gasteiger partial charge in [-0.3, -0.25) is 9.80 Å². The Morgan fingerprint density at radius 2 is 2.00 bits per heavy atom. The number of anilines is 1. The summed E-state index contributed by atoms with van der Waals surface area (Å²) in [6.45, 7) is 1.27. The minimum absolute atomic E-state index is 0.0537. The van der Waals surface area contributed by atoms with Crippen LogP contribution in [0.3, 0.4) is 0 Å². The number of amides is 1. The second kappa shape index (κ2) is 8.66. The Hall–Kier alpha value is -2.90. The Bertz CT molecular complexity index is 787. The fourth-order valence-corrected chi connectivity index (χ4v) is 2.84. The molecule has 0 atom stereocenters. The SMILES string of the molecule is COc1ccc(N(N)/C(=C\CC(=O)N2CC(OC)C2)c2ccccc2)cn1. The largest absolute Gasteiger partial charge is 0.481 e. The number of rotatable bonds is 7. The molecule has 27 heavy (non-hydrogen) atoms. The van der Waals surface area contributed by atoms with Crippen LogP contribution in [0, 0.1) is 0 Å². The third-order valence-electron chi connectivity index (χ3n) is 4.54. The molecule has 0 radical (unpaired) electrons. The van der Waals surface area contributed by atoms with Crippen LogP contribution in [0.2, 0.25) is 0 Å². The van der Waals surface area contributed by atoms with Crippen molar-refractivity contribution in [3.63, 3.8) is 0 Å². The van der Waals surface area contributed by atoms with Crippen molar-refractivity contribution in [2.24, 2.45) is 5.84 Å². The molecule has 1 aromatic heterocycles. The van der Waals surface area contributed by atoms with Gasteiger partial charge in [0.15, 0.2) is 0 Å². The number of ether oxygens (including phenoxy) is 2. The number of carbonyl (C=O) groups excluding carboxylic acids is 1. The normalized spacial score (nSPS) is 14.6. The standard InChI is InChI=1S/C20H24N4O3/c1-26-17-13-23(14-17)20(25)11-9-18(15-6-4-3-5-7-15)24(21)16-8-10-19(27-2)22-12-16/h3-10,12,17H,11,13-14,21H2,1-2H3/b18-9-. The first-order valence-electron chi connectivity index (χ1n) is 8.73. The van der Waals surface area contributed by atoms with E-state index in [0.717, 1.165) is 11.3 Å². The number of hydrazine groups is 1. The summed E-state index contributed by atoms with van der Waals surface area (Å²) in [5.41, 5.74) is 2.35. The van der Waals surface area contributed by atoms with Crippen molar-refractivity contribution in [3.05, 3.63) is 60.3 Å². The van der Waals surface area contributed by atoms with E-state index >= 15 is 0 Å². The lowest BCUT2D eigenvalue weighted by Gasteiger charge is -2.38. The van der Waals surface area contributed by atoms with Crippen molar-refractivity contribution in [1.82, 2.24) is 9.88 Å². The van der Waals surface area contributed by atoms with Gasteiger partial charge in [-0.15, -0.1) is 0 Å². The van der Waals surface area contributed by atoms with Crippen molar-refractivity contribution in [2.45, 2.75) is 12.5 Å². The predicted molar refractivity (Wildman–Crippen MR) is 104 cm³/mol. The molecule has 0 spiro atoms. The topological polar surface area (TPSA) is 80.9 Å². The lowest BCUT2D eigenvalue weighted by molar-refractivity contribution is -0.141. The maximum Gasteiger partial charge on any atom is 0.226 e. The zero-order chi connectivity index (χ0) is 19.2. The number of aromatic nitrogens is 1. The Balaban J connectivity index is 1.79. The van der Waals surface area contributed by atoms with E-state index in [2.05, 4.69) is 4.98 Å². The first-order chi connectivity index (χ1) is 13.1. The maximum atomic E-state index is 12.4. The number of methoxy groups -OCH3 is 2. The summed E-state index contributed by atoms with van der Waals surface area (Å²) in [5, 5.41) is 1.53. The highest BCUT2D eigenvalue weighted by atomic mass is 16.5. The number of carbonyl (C=O) groups is 1. The van der Waals surface area contributed by atoms with Crippen LogP contribution in [0.1, 0.15) is 12.0 Å². The second-order valence-electron chi connectivity index (χ2n) is 6.24. The van der Waals surface area contributed by atoms with Gasteiger partial charge in [0, 0.05) is 32.7 Å². The molecule has 1 amide bonds. The van der Waals surface area contributed by atoms with Gasteiger partial charge in [0.05, 0.1) is 30.8 Å². The van der Waals surface area contributed by atoms with E-state index in [1.165, 1.54) is 5.01 Å². The zero-order valence-electron chi connectivity index (χ0n) is 15.5. The highest BCUT2D eigenvalue weighted by molar-refractivity contribution is 5.84. The van der Waals surface area contributed by atoms with Gasteiger partial charge >= 0.3 is 0 Å². The molecular weight excluding hydrogens is 344 g/mol. The maximum absolute atomic E-state index is 12.4. The van der Waals surface area contributed by atoms with Gasteiger partial charge in [-0.2, -0.15) is 0 Å². The quantitative estimate of drug-likeness (QED) is 0.595. The van der Waals surface area contributed by atoms with E-state index in [9.17, 15) is 4.79 Å². The number of likely N-dealkylation sites (tertiary alicyclic amines) is 1. The van der Waals surface area contributed by atoms with E-state index in [4.69, 9.17) is 15.3 Å². The lowest BCUT2D eigenvalue weighted by atomic mass is 10.1. The van der Waals surface area contributed by atoms with Gasteiger partial charge < -0.3 is 14.4 Å². The van der Waals surface area contributed by atoms with E-state index in [1.54, 1.807) is 31.4 Å². The molecule has 1 saturated heterocycles. The monoisotopic (exact) mass is 368 g/mol. The van der Waals surface area contributed by atoms with Gasteiger partial charge in [0.1, 0.15) is 0 Å². The predicted octanol–water partition coefficient (Wildman–Crippen LogP) is 2.06. The van der Waals surface area contributed by atoms with E-state index in [-0.39, 0.29) is 18.4 Å². The van der Waals surface area contributed by atoms with Crippen LogP contribution >= 0.6 is 0 Å². The molecule has 3 rings (SSSR count). The van der Waals surface area contributed by atoms with Gasteiger partial charge in [-0.1, -0.05) is 30.3 Å². The molecule has 1 aromatic carbocycles. The Labute approximate surface area is 159 Å². The summed E-state index contributed by atoms with van der Waals surface area (Å²) in [7, 11) is 3.22. The molecule has 0 saturated carbocycles.